The molecule has 2 rings (SSSR count). The van der Waals surface area contributed by atoms with Crippen molar-refractivity contribution in [1.82, 2.24) is 0 Å². The summed E-state index contributed by atoms with van der Waals surface area (Å²) in [5.41, 5.74) is 4.69. The highest BCUT2D eigenvalue weighted by Gasteiger charge is 2.25. The number of hydrogen-bond donors (Lipinski definition) is 2. The van der Waals surface area contributed by atoms with Crippen LogP contribution in [-0.2, 0) is 16.2 Å². The summed E-state index contributed by atoms with van der Waals surface area (Å²) in [5.74, 6) is 0.569. The van der Waals surface area contributed by atoms with E-state index in [9.17, 15) is 10.2 Å². The lowest BCUT2D eigenvalue weighted by Crippen LogP contribution is -2.22. The van der Waals surface area contributed by atoms with Gasteiger partial charge >= 0.3 is 0 Å². The van der Waals surface area contributed by atoms with Crippen LogP contribution >= 0.6 is 0 Å². The number of hydrogen-bond acceptors (Lipinski definition) is 4. The molecule has 0 radical (unpaired) electrons. The van der Waals surface area contributed by atoms with Gasteiger partial charge in [0, 0.05) is 34.7 Å². The summed E-state index contributed by atoms with van der Waals surface area (Å²) in [4.78, 5) is 9.43. The lowest BCUT2D eigenvalue weighted by Gasteiger charge is -2.27. The highest BCUT2D eigenvalue weighted by Crippen LogP contribution is 2.37. The molecule has 4 nitrogen and oxygen atoms in total. The van der Waals surface area contributed by atoms with Crippen molar-refractivity contribution >= 4 is 12.4 Å². The fourth-order valence-electron chi connectivity index (χ4n) is 3.89. The first-order chi connectivity index (χ1) is 15.7. The maximum Gasteiger partial charge on any atom is 0.128 e. The van der Waals surface area contributed by atoms with Crippen LogP contribution in [0.5, 0.6) is 11.5 Å². The van der Waals surface area contributed by atoms with Gasteiger partial charge in [-0.25, -0.2) is 0 Å². The second kappa shape index (κ2) is 9.79. The van der Waals surface area contributed by atoms with E-state index in [-0.39, 0.29) is 27.7 Å². The molecule has 0 aromatic heterocycles. The van der Waals surface area contributed by atoms with Gasteiger partial charge in [-0.15, -0.1) is 0 Å². The average molecular weight is 479 g/mol. The minimum absolute atomic E-state index is 0.0438. The molecule has 2 aromatic rings. The van der Waals surface area contributed by atoms with Crippen molar-refractivity contribution in [3.8, 4) is 11.5 Å². The molecule has 0 saturated carbocycles. The minimum atomic E-state index is -0.477. The Labute approximate surface area is 213 Å². The molecule has 4 heteroatoms. The highest BCUT2D eigenvalue weighted by atomic mass is 16.3. The molecule has 0 unspecified atom stereocenters. The molecule has 0 bridgehead atoms. The molecule has 0 fully saturated rings. The number of benzene rings is 2. The molecular formula is C31H46N2O2. The van der Waals surface area contributed by atoms with Gasteiger partial charge in [0.25, 0.3) is 0 Å². The Bertz CT molecular complexity index is 1120. The first kappa shape index (κ1) is 28.6. The zero-order valence-electron chi connectivity index (χ0n) is 24.0. The predicted molar refractivity (Wildman–Crippen MR) is 151 cm³/mol. The molecule has 0 aliphatic rings. The minimum Gasteiger partial charge on any atom is -0.507 e. The van der Waals surface area contributed by atoms with Gasteiger partial charge < -0.3 is 10.2 Å². The van der Waals surface area contributed by atoms with Crippen LogP contribution in [0, 0.1) is 6.92 Å². The SMILES string of the molecule is Cc1cc(C=NCC(C)(C)N=Cc2cc(C(C)(C)C)cc(C(C)(C)C)c2O)c(O)c(C(C)(C)C)c1. The molecule has 192 valence electrons. The molecule has 0 aliphatic heterocycles. The summed E-state index contributed by atoms with van der Waals surface area (Å²) in [7, 11) is 0. The molecule has 0 aliphatic carbocycles. The fraction of sp³-hybridized carbons (Fsp3) is 0.548. The van der Waals surface area contributed by atoms with Crippen LogP contribution in [0.4, 0.5) is 0 Å². The summed E-state index contributed by atoms with van der Waals surface area (Å²) in [5, 5.41) is 21.8. The third kappa shape index (κ3) is 7.43. The number of aliphatic imine (C=N–C) groups is 2. The van der Waals surface area contributed by atoms with Crippen LogP contribution in [0.1, 0.15) is 110 Å². The molecule has 0 saturated heterocycles. The Morgan fingerprint density at radius 2 is 1.14 bits per heavy atom. The second-order valence-corrected chi connectivity index (χ2v) is 13.5. The van der Waals surface area contributed by atoms with E-state index in [1.165, 1.54) is 5.56 Å². The van der Waals surface area contributed by atoms with E-state index in [1.807, 2.05) is 39.0 Å². The Hall–Kier alpha value is -2.62. The van der Waals surface area contributed by atoms with Crippen molar-refractivity contribution in [1.29, 1.82) is 0 Å². The van der Waals surface area contributed by atoms with Gasteiger partial charge in [-0.3, -0.25) is 9.98 Å². The van der Waals surface area contributed by atoms with Crippen molar-refractivity contribution in [3.05, 3.63) is 57.6 Å². The van der Waals surface area contributed by atoms with E-state index in [1.54, 1.807) is 12.4 Å². The largest absolute Gasteiger partial charge is 0.507 e. The number of phenols is 2. The van der Waals surface area contributed by atoms with Crippen molar-refractivity contribution in [2.45, 2.75) is 105 Å². The van der Waals surface area contributed by atoms with E-state index in [4.69, 9.17) is 4.99 Å². The van der Waals surface area contributed by atoms with Gasteiger partial charge in [-0.1, -0.05) is 74.4 Å². The maximum absolute atomic E-state index is 11.0. The highest BCUT2D eigenvalue weighted by molar-refractivity contribution is 5.86. The smallest absolute Gasteiger partial charge is 0.128 e. The number of phenolic OH excluding ortho intramolecular Hbond substituents is 2. The summed E-state index contributed by atoms with van der Waals surface area (Å²) in [6.45, 7) is 25.7. The van der Waals surface area contributed by atoms with E-state index < -0.39 is 5.54 Å². The lowest BCUT2D eigenvalue weighted by molar-refractivity contribution is 0.443. The fourth-order valence-corrected chi connectivity index (χ4v) is 3.89. The molecule has 0 spiro atoms. The van der Waals surface area contributed by atoms with Crippen LogP contribution in [0.3, 0.4) is 0 Å². The predicted octanol–water partition coefficient (Wildman–Crippen LogP) is 7.62. The third-order valence-corrected chi connectivity index (χ3v) is 6.17. The Morgan fingerprint density at radius 1 is 0.657 bits per heavy atom. The second-order valence-electron chi connectivity index (χ2n) is 13.5. The van der Waals surface area contributed by atoms with Gasteiger partial charge in [-0.2, -0.15) is 0 Å². The molecule has 2 N–H and O–H groups in total. The summed E-state index contributed by atoms with van der Waals surface area (Å²) < 4.78 is 0. The lowest BCUT2D eigenvalue weighted by atomic mass is 9.79. The molecule has 0 amide bonds. The first-order valence-electron chi connectivity index (χ1n) is 12.5. The van der Waals surface area contributed by atoms with Crippen LogP contribution in [0.2, 0.25) is 0 Å². The van der Waals surface area contributed by atoms with E-state index >= 15 is 0 Å². The zero-order chi connectivity index (χ0) is 27.0. The van der Waals surface area contributed by atoms with Crippen LogP contribution in [0.25, 0.3) is 0 Å². The van der Waals surface area contributed by atoms with E-state index in [0.717, 1.165) is 27.8 Å². The normalized spacial score (nSPS) is 13.8. The Kier molecular flexibility index (Phi) is 8.01. The van der Waals surface area contributed by atoms with Crippen molar-refractivity contribution < 1.29 is 10.2 Å². The van der Waals surface area contributed by atoms with Crippen molar-refractivity contribution in [2.75, 3.05) is 6.54 Å². The molecule has 35 heavy (non-hydrogen) atoms. The van der Waals surface area contributed by atoms with Crippen LogP contribution in [0.15, 0.2) is 34.3 Å². The molecule has 2 aromatic carbocycles. The Balaban J connectivity index is 2.35. The zero-order valence-corrected chi connectivity index (χ0v) is 24.0. The van der Waals surface area contributed by atoms with Gasteiger partial charge in [0.2, 0.25) is 0 Å². The van der Waals surface area contributed by atoms with E-state index in [0.29, 0.717) is 6.54 Å². The summed E-state index contributed by atoms with van der Waals surface area (Å²) in [6.07, 6.45) is 3.52. The van der Waals surface area contributed by atoms with Gasteiger partial charge in [-0.05, 0) is 60.3 Å². The van der Waals surface area contributed by atoms with Gasteiger partial charge in [0.1, 0.15) is 11.5 Å². The van der Waals surface area contributed by atoms with Gasteiger partial charge in [0.15, 0.2) is 0 Å². The number of rotatable bonds is 5. The molecule has 0 heterocycles. The number of aromatic hydroxyl groups is 2. The Morgan fingerprint density at radius 3 is 1.63 bits per heavy atom. The number of aryl methyl sites for hydroxylation is 1. The molecule has 0 atom stereocenters. The van der Waals surface area contributed by atoms with Crippen LogP contribution < -0.4 is 0 Å². The quantitative estimate of drug-likeness (QED) is 0.434. The monoisotopic (exact) mass is 478 g/mol. The summed E-state index contributed by atoms with van der Waals surface area (Å²) in [6, 6.07) is 8.13. The summed E-state index contributed by atoms with van der Waals surface area (Å²) >= 11 is 0. The standard InChI is InChI=1S/C31H46N2O2/c1-20-13-21(26(34)24(14-20)29(5,6)7)17-32-19-31(11,12)33-18-22-15-23(28(2,3)4)16-25(27(22)35)30(8,9)10/h13-18,34-35H,19H2,1-12H3. The van der Waals surface area contributed by atoms with Gasteiger partial charge in [0.05, 0.1) is 12.1 Å². The van der Waals surface area contributed by atoms with E-state index in [2.05, 4.69) is 73.4 Å². The maximum atomic E-state index is 11.0. The average Bonchev–Trinajstić information content (AvgIpc) is 2.66. The number of nitrogens with zero attached hydrogens (tertiary/aromatic N) is 2. The topological polar surface area (TPSA) is 65.2 Å². The molecular weight excluding hydrogens is 432 g/mol. The van der Waals surface area contributed by atoms with Crippen LogP contribution in [-0.4, -0.2) is 34.7 Å². The van der Waals surface area contributed by atoms with Crippen molar-refractivity contribution in [3.63, 3.8) is 0 Å². The third-order valence-electron chi connectivity index (χ3n) is 6.17. The first-order valence-corrected chi connectivity index (χ1v) is 12.5. The van der Waals surface area contributed by atoms with Crippen molar-refractivity contribution in [2.24, 2.45) is 9.98 Å².